The van der Waals surface area contributed by atoms with Crippen molar-refractivity contribution in [1.29, 1.82) is 0 Å². The van der Waals surface area contributed by atoms with E-state index in [2.05, 4.69) is 168 Å². The van der Waals surface area contributed by atoms with Crippen molar-refractivity contribution in [3.05, 3.63) is 152 Å². The van der Waals surface area contributed by atoms with Gasteiger partial charge in [0.2, 0.25) is 13.4 Å². The van der Waals surface area contributed by atoms with E-state index in [1.165, 1.54) is 110 Å². The summed E-state index contributed by atoms with van der Waals surface area (Å²) in [6, 6.07) is 33.2. The Bertz CT molecular complexity index is 2010. The molecule has 6 rings (SSSR count). The van der Waals surface area contributed by atoms with Gasteiger partial charge in [-0.25, -0.2) is 0 Å². The minimum Gasteiger partial charge on any atom is -0.0680 e. The summed E-state index contributed by atoms with van der Waals surface area (Å²) in [7, 11) is 0. The lowest BCUT2D eigenvalue weighted by molar-refractivity contribution is 1.34. The minimum atomic E-state index is 0.120. The lowest BCUT2D eigenvalue weighted by Crippen LogP contribution is -2.57. The zero-order valence-corrected chi connectivity index (χ0v) is 31.2. The third-order valence-corrected chi connectivity index (χ3v) is 10.7. The molecule has 0 aliphatic rings. The molecule has 0 atom stereocenters. The van der Waals surface area contributed by atoms with Gasteiger partial charge in [0.15, 0.2) is 0 Å². The third-order valence-electron chi connectivity index (χ3n) is 10.7. The molecule has 0 bridgehead atoms. The lowest BCUT2D eigenvalue weighted by atomic mass is 9.32. The fourth-order valence-electron chi connectivity index (χ4n) is 9.26. The van der Waals surface area contributed by atoms with E-state index in [-0.39, 0.29) is 13.4 Å². The van der Waals surface area contributed by atoms with Crippen LogP contribution >= 0.6 is 0 Å². The van der Waals surface area contributed by atoms with Crippen molar-refractivity contribution in [2.75, 3.05) is 0 Å². The van der Waals surface area contributed by atoms with Crippen molar-refractivity contribution >= 4 is 57.0 Å². The maximum atomic E-state index is 2.54. The minimum absolute atomic E-state index is 0.120. The van der Waals surface area contributed by atoms with Crippen LogP contribution in [0.1, 0.15) is 66.8 Å². The number of rotatable bonds is 6. The Balaban J connectivity index is 1.71. The fourth-order valence-corrected chi connectivity index (χ4v) is 9.26. The summed E-state index contributed by atoms with van der Waals surface area (Å²) < 4.78 is 0. The van der Waals surface area contributed by atoms with E-state index in [0.29, 0.717) is 0 Å². The predicted molar refractivity (Wildman–Crippen MR) is 216 cm³/mol. The topological polar surface area (TPSA) is 0 Å². The van der Waals surface area contributed by atoms with Crippen LogP contribution in [0.2, 0.25) is 0 Å². The zero-order chi connectivity index (χ0) is 34.6. The van der Waals surface area contributed by atoms with Crippen molar-refractivity contribution in [3.8, 4) is 0 Å². The van der Waals surface area contributed by atoms with Gasteiger partial charge in [-0.3, -0.25) is 0 Å². The van der Waals surface area contributed by atoms with Crippen LogP contribution in [-0.4, -0.2) is 13.4 Å². The highest BCUT2D eigenvalue weighted by Crippen LogP contribution is 2.19. The first kappa shape index (κ1) is 33.6. The molecule has 2 heteroatoms. The molecule has 6 aromatic rings. The van der Waals surface area contributed by atoms with Gasteiger partial charge in [-0.15, -0.1) is 0 Å². The van der Waals surface area contributed by atoms with Crippen LogP contribution in [-0.2, 0) is 0 Å². The summed E-state index contributed by atoms with van der Waals surface area (Å²) in [5.74, 6) is 0. The van der Waals surface area contributed by atoms with Crippen LogP contribution in [0.15, 0.2) is 84.9 Å². The van der Waals surface area contributed by atoms with Gasteiger partial charge in [0, 0.05) is 0 Å². The van der Waals surface area contributed by atoms with E-state index in [4.69, 9.17) is 0 Å². The molecule has 0 aliphatic carbocycles. The quantitative estimate of drug-likeness (QED) is 0.168. The molecule has 240 valence electrons. The maximum Gasteiger partial charge on any atom is 0.243 e. The van der Waals surface area contributed by atoms with Crippen molar-refractivity contribution in [2.24, 2.45) is 0 Å². The Kier molecular flexibility index (Phi) is 9.08. The van der Waals surface area contributed by atoms with Crippen LogP contribution in [0.4, 0.5) is 0 Å². The van der Waals surface area contributed by atoms with Gasteiger partial charge < -0.3 is 0 Å². The Morgan fingerprint density at radius 1 is 0.333 bits per heavy atom. The Morgan fingerprint density at radius 2 is 0.667 bits per heavy atom. The summed E-state index contributed by atoms with van der Waals surface area (Å²) >= 11 is 0. The van der Waals surface area contributed by atoms with Crippen molar-refractivity contribution in [2.45, 2.75) is 83.1 Å². The second-order valence-electron chi connectivity index (χ2n) is 14.9. The van der Waals surface area contributed by atoms with E-state index in [9.17, 15) is 0 Å². The third kappa shape index (κ3) is 6.07. The van der Waals surface area contributed by atoms with Crippen LogP contribution in [0, 0.1) is 83.1 Å². The average molecular weight is 625 g/mol. The number of hydrogen-bond acceptors (Lipinski definition) is 0. The molecule has 0 saturated carbocycles. The summed E-state index contributed by atoms with van der Waals surface area (Å²) in [5, 5.41) is 2.63. The molecule has 0 aliphatic heterocycles. The van der Waals surface area contributed by atoms with E-state index in [1.807, 2.05) is 0 Å². The number of fused-ring (bicyclic) bond motifs is 1. The van der Waals surface area contributed by atoms with E-state index in [1.54, 1.807) is 0 Å². The number of benzene rings is 6. The van der Waals surface area contributed by atoms with Crippen LogP contribution < -0.4 is 32.8 Å². The monoisotopic (exact) mass is 624 g/mol. The highest BCUT2D eigenvalue weighted by molar-refractivity contribution is 6.98. The summed E-state index contributed by atoms with van der Waals surface area (Å²) in [6.45, 7) is 27.5. The molecule has 0 heterocycles. The van der Waals surface area contributed by atoms with E-state index in [0.717, 1.165) is 0 Å². The molecule has 0 N–H and O–H groups in total. The van der Waals surface area contributed by atoms with Crippen LogP contribution in [0.25, 0.3) is 10.8 Å². The fraction of sp³-hybridized carbons (Fsp3) is 0.261. The molecule has 0 fully saturated rings. The van der Waals surface area contributed by atoms with Gasteiger partial charge in [-0.2, -0.15) is 0 Å². The van der Waals surface area contributed by atoms with Crippen LogP contribution in [0.3, 0.4) is 0 Å². The second kappa shape index (κ2) is 13.0. The van der Waals surface area contributed by atoms with Gasteiger partial charge in [0.25, 0.3) is 0 Å². The predicted octanol–water partition coefficient (Wildman–Crippen LogP) is 7.57. The maximum absolute atomic E-state index is 2.54. The average Bonchev–Trinajstić information content (AvgIpc) is 2.97. The molecular weight excluding hydrogens is 574 g/mol. The second-order valence-corrected chi connectivity index (χ2v) is 14.9. The first-order valence-corrected chi connectivity index (χ1v) is 17.6. The molecule has 48 heavy (non-hydrogen) atoms. The zero-order valence-electron chi connectivity index (χ0n) is 31.2. The molecular formula is C46H50B2. The highest BCUT2D eigenvalue weighted by Gasteiger charge is 2.32. The lowest BCUT2D eigenvalue weighted by Gasteiger charge is -2.27. The SMILES string of the molecule is Cc1cc(C)c(B(c2ccc3cccc(B(c4c(C)cc(C)cc4C)c4c(C)cc(C)cc4C)c3c2)c2c(C)cc(C)cc2C)c(C)c1. The van der Waals surface area contributed by atoms with Crippen molar-refractivity contribution < 1.29 is 0 Å². The molecule has 0 nitrogen and oxygen atoms in total. The van der Waals surface area contributed by atoms with Crippen LogP contribution in [0.5, 0.6) is 0 Å². The first-order valence-electron chi connectivity index (χ1n) is 17.6. The molecule has 0 aromatic heterocycles. The van der Waals surface area contributed by atoms with Crippen molar-refractivity contribution in [1.82, 2.24) is 0 Å². The van der Waals surface area contributed by atoms with Gasteiger partial charge in [0.1, 0.15) is 0 Å². The van der Waals surface area contributed by atoms with Gasteiger partial charge in [0.05, 0.1) is 0 Å². The van der Waals surface area contributed by atoms with Gasteiger partial charge in [-0.1, -0.05) is 184 Å². The van der Waals surface area contributed by atoms with E-state index >= 15 is 0 Å². The molecule has 0 amide bonds. The summed E-state index contributed by atoms with van der Waals surface area (Å²) in [6.07, 6.45) is 0. The normalized spacial score (nSPS) is 11.3. The highest BCUT2D eigenvalue weighted by atomic mass is 14.2. The summed E-state index contributed by atoms with van der Waals surface area (Å²) in [5.41, 5.74) is 24.6. The molecule has 0 radical (unpaired) electrons. The number of aryl methyl sites for hydroxylation is 12. The van der Waals surface area contributed by atoms with Gasteiger partial charge >= 0.3 is 0 Å². The molecule has 0 saturated heterocycles. The molecule has 6 aromatic carbocycles. The van der Waals surface area contributed by atoms with E-state index < -0.39 is 0 Å². The largest absolute Gasteiger partial charge is 0.243 e. The molecule has 0 unspecified atom stereocenters. The number of hydrogen-bond donors (Lipinski definition) is 0. The smallest absolute Gasteiger partial charge is 0.0680 e. The first-order chi connectivity index (χ1) is 22.7. The Labute approximate surface area is 290 Å². The Morgan fingerprint density at radius 3 is 1.02 bits per heavy atom. The van der Waals surface area contributed by atoms with Crippen molar-refractivity contribution in [3.63, 3.8) is 0 Å². The summed E-state index contributed by atoms with van der Waals surface area (Å²) in [4.78, 5) is 0. The standard InChI is InChI=1S/C46H50B2/c1-27-18-31(5)43(32(6)19-27)47(44-33(7)20-28(2)21-34(44)8)40-17-16-39-14-13-15-42(41(39)26-40)48(45-35(9)22-29(3)23-36(45)10)46-37(11)24-30(4)25-38(46)12/h13-26H,1-12H3. The Hall–Kier alpha value is -4.29. The van der Waals surface area contributed by atoms with Gasteiger partial charge in [-0.05, 0) is 93.9 Å². The molecule has 0 spiro atoms.